The average Bonchev–Trinajstić information content (AvgIpc) is 2.97. The molecular weight excluding hydrogens is 328 g/mol. The number of carbonyl (C=O) groups is 2. The summed E-state index contributed by atoms with van der Waals surface area (Å²) < 4.78 is 4.68. The van der Waals surface area contributed by atoms with Crippen LogP contribution in [-0.4, -0.2) is 45.4 Å². The highest BCUT2D eigenvalue weighted by Crippen LogP contribution is 2.29. The molecule has 1 saturated heterocycles. The van der Waals surface area contributed by atoms with Crippen molar-refractivity contribution < 1.29 is 14.3 Å². The van der Waals surface area contributed by atoms with Crippen LogP contribution in [0, 0.1) is 0 Å². The molecule has 1 aromatic carbocycles. The summed E-state index contributed by atoms with van der Waals surface area (Å²) in [6, 6.07) is 5.03. The van der Waals surface area contributed by atoms with Gasteiger partial charge in [-0.3, -0.25) is 9.59 Å². The molecule has 24 heavy (non-hydrogen) atoms. The lowest BCUT2D eigenvalue weighted by Gasteiger charge is -2.32. The zero-order chi connectivity index (χ0) is 17.3. The summed E-state index contributed by atoms with van der Waals surface area (Å²) >= 11 is 1.48. The summed E-state index contributed by atoms with van der Waals surface area (Å²) in [5, 5.41) is 5.58. The third-order valence-electron chi connectivity index (χ3n) is 3.95. The number of benzene rings is 1. The normalized spacial score (nSPS) is 19.8. The van der Waals surface area contributed by atoms with Gasteiger partial charge >= 0.3 is 0 Å². The highest BCUT2D eigenvalue weighted by Gasteiger charge is 2.37. The van der Waals surface area contributed by atoms with E-state index in [-0.39, 0.29) is 18.4 Å². The highest BCUT2D eigenvalue weighted by atomic mass is 32.2. The second-order valence-electron chi connectivity index (χ2n) is 6.13. The Bertz CT molecular complexity index is 787. The largest absolute Gasteiger partial charge is 0.497 e. The third kappa shape index (κ3) is 3.33. The van der Waals surface area contributed by atoms with Crippen LogP contribution < -0.4 is 15.4 Å². The van der Waals surface area contributed by atoms with E-state index in [0.717, 1.165) is 16.8 Å². The van der Waals surface area contributed by atoms with Gasteiger partial charge in [0.15, 0.2) is 0 Å². The summed E-state index contributed by atoms with van der Waals surface area (Å²) in [7, 11) is 1.61. The summed E-state index contributed by atoms with van der Waals surface area (Å²) in [6.07, 6.45) is 0. The van der Waals surface area contributed by atoms with Gasteiger partial charge in [0, 0.05) is 11.8 Å². The van der Waals surface area contributed by atoms with Gasteiger partial charge in [0.25, 0.3) is 0 Å². The smallest absolute Gasteiger partial charge is 0.243 e. The lowest BCUT2D eigenvalue weighted by atomic mass is 10.1. The lowest BCUT2D eigenvalue weighted by Crippen LogP contribution is -2.57. The molecule has 128 valence electrons. The first-order chi connectivity index (χ1) is 11.4. The van der Waals surface area contributed by atoms with Crippen molar-refractivity contribution in [3.63, 3.8) is 0 Å². The Hall–Kier alpha value is -2.22. The summed E-state index contributed by atoms with van der Waals surface area (Å²) in [5.74, 6) is 1.63. The Balaban J connectivity index is 1.61. The molecule has 1 unspecified atom stereocenters. The maximum absolute atomic E-state index is 12.2. The fourth-order valence-corrected chi connectivity index (χ4v) is 3.43. The Morgan fingerprint density at radius 3 is 3.00 bits per heavy atom. The summed E-state index contributed by atoms with van der Waals surface area (Å²) in [6.45, 7) is 3.98. The van der Waals surface area contributed by atoms with Gasteiger partial charge in [0.05, 0.1) is 29.4 Å². The van der Waals surface area contributed by atoms with Gasteiger partial charge in [-0.15, -0.1) is 11.8 Å². The van der Waals surface area contributed by atoms with Crippen LogP contribution in [0.2, 0.25) is 0 Å². The van der Waals surface area contributed by atoms with Gasteiger partial charge in [-0.1, -0.05) is 0 Å². The van der Waals surface area contributed by atoms with Crippen LogP contribution in [0.4, 0.5) is 0 Å². The molecule has 0 bridgehead atoms. The molecule has 0 saturated carbocycles. The van der Waals surface area contributed by atoms with Crippen LogP contribution in [0.15, 0.2) is 18.2 Å². The van der Waals surface area contributed by atoms with E-state index in [1.165, 1.54) is 11.8 Å². The fraction of sp³-hybridized carbons (Fsp3) is 0.438. The number of thioether (sulfide) groups is 1. The monoisotopic (exact) mass is 348 g/mol. The van der Waals surface area contributed by atoms with Crippen LogP contribution in [-0.2, 0) is 16.1 Å². The molecule has 7 nitrogen and oxygen atoms in total. The number of aromatic amines is 1. The number of imidazole rings is 1. The summed E-state index contributed by atoms with van der Waals surface area (Å²) in [4.78, 5) is 31.8. The fourth-order valence-electron chi connectivity index (χ4n) is 2.42. The number of amides is 2. The number of nitrogens with zero attached hydrogens (tertiary/aromatic N) is 1. The van der Waals surface area contributed by atoms with Gasteiger partial charge in [0.2, 0.25) is 11.8 Å². The van der Waals surface area contributed by atoms with Gasteiger partial charge in [-0.2, -0.15) is 0 Å². The van der Waals surface area contributed by atoms with Gasteiger partial charge in [-0.25, -0.2) is 4.98 Å². The average molecular weight is 348 g/mol. The molecule has 2 heterocycles. The number of aromatic nitrogens is 2. The van der Waals surface area contributed by atoms with Crippen LogP contribution in [0.3, 0.4) is 0 Å². The van der Waals surface area contributed by atoms with Gasteiger partial charge < -0.3 is 20.4 Å². The molecule has 1 atom stereocenters. The predicted molar refractivity (Wildman–Crippen MR) is 93.0 cm³/mol. The molecule has 1 aromatic heterocycles. The number of H-pyrrole nitrogens is 1. The molecule has 3 rings (SSSR count). The van der Waals surface area contributed by atoms with Crippen molar-refractivity contribution in [1.29, 1.82) is 0 Å². The van der Waals surface area contributed by atoms with Crippen molar-refractivity contribution in [1.82, 2.24) is 20.6 Å². The molecule has 1 aliphatic rings. The minimum Gasteiger partial charge on any atom is -0.497 e. The van der Waals surface area contributed by atoms with E-state index in [2.05, 4.69) is 20.6 Å². The molecular formula is C16H20N4O3S. The number of rotatable bonds is 4. The highest BCUT2D eigenvalue weighted by molar-refractivity contribution is 8.01. The van der Waals surface area contributed by atoms with Crippen molar-refractivity contribution in [3.05, 3.63) is 24.0 Å². The topological polar surface area (TPSA) is 96.1 Å². The number of fused-ring (bicyclic) bond motifs is 1. The van der Waals surface area contributed by atoms with Crippen molar-refractivity contribution in [2.45, 2.75) is 31.2 Å². The predicted octanol–water partition coefficient (Wildman–Crippen LogP) is 1.20. The standard InChI is InChI=1S/C16H20N4O3S/c1-16(2)15(22)20-12(8-24-16)14(21)17-7-13-18-10-5-4-9(23-3)6-11(10)19-13/h4-6,12H,7-8H2,1-3H3,(H,17,21)(H,18,19)(H,20,22). The number of nitrogens with one attached hydrogen (secondary N) is 3. The molecule has 3 N–H and O–H groups in total. The van der Waals surface area contributed by atoms with Crippen LogP contribution in [0.25, 0.3) is 11.0 Å². The van der Waals surface area contributed by atoms with Crippen LogP contribution in [0.1, 0.15) is 19.7 Å². The zero-order valence-electron chi connectivity index (χ0n) is 13.8. The minimum atomic E-state index is -0.514. The van der Waals surface area contributed by atoms with E-state index in [9.17, 15) is 9.59 Å². The Kier molecular flexibility index (Phi) is 4.40. The maximum atomic E-state index is 12.2. The second kappa shape index (κ2) is 6.35. The first kappa shape index (κ1) is 16.6. The first-order valence-corrected chi connectivity index (χ1v) is 8.63. The molecule has 2 aromatic rings. The number of hydrogen-bond donors (Lipinski definition) is 3. The Morgan fingerprint density at radius 1 is 1.50 bits per heavy atom. The first-order valence-electron chi connectivity index (χ1n) is 7.64. The second-order valence-corrected chi connectivity index (χ2v) is 7.77. The molecule has 1 fully saturated rings. The number of methoxy groups -OCH3 is 1. The maximum Gasteiger partial charge on any atom is 0.243 e. The molecule has 1 aliphatic heterocycles. The molecule has 2 amide bonds. The van der Waals surface area contributed by atoms with E-state index in [0.29, 0.717) is 11.6 Å². The molecule has 8 heteroatoms. The third-order valence-corrected chi connectivity index (χ3v) is 5.35. The van der Waals surface area contributed by atoms with E-state index < -0.39 is 10.8 Å². The van der Waals surface area contributed by atoms with Crippen molar-refractivity contribution in [2.75, 3.05) is 12.9 Å². The molecule has 0 spiro atoms. The number of hydrogen-bond acceptors (Lipinski definition) is 5. The van der Waals surface area contributed by atoms with Crippen molar-refractivity contribution in [3.8, 4) is 5.75 Å². The molecule has 0 aliphatic carbocycles. The van der Waals surface area contributed by atoms with Gasteiger partial charge in [0.1, 0.15) is 17.6 Å². The van der Waals surface area contributed by atoms with Crippen LogP contribution >= 0.6 is 11.8 Å². The van der Waals surface area contributed by atoms with Crippen molar-refractivity contribution in [2.24, 2.45) is 0 Å². The van der Waals surface area contributed by atoms with E-state index in [1.807, 2.05) is 32.0 Å². The van der Waals surface area contributed by atoms with E-state index in [1.54, 1.807) is 7.11 Å². The van der Waals surface area contributed by atoms with Gasteiger partial charge in [-0.05, 0) is 26.0 Å². The number of ether oxygens (including phenoxy) is 1. The zero-order valence-corrected chi connectivity index (χ0v) is 14.6. The van der Waals surface area contributed by atoms with Crippen molar-refractivity contribution >= 4 is 34.6 Å². The Morgan fingerprint density at radius 2 is 2.29 bits per heavy atom. The van der Waals surface area contributed by atoms with Crippen LogP contribution in [0.5, 0.6) is 5.75 Å². The number of carbonyl (C=O) groups excluding carboxylic acids is 2. The lowest BCUT2D eigenvalue weighted by molar-refractivity contribution is -0.129. The Labute approximate surface area is 143 Å². The quantitative estimate of drug-likeness (QED) is 0.771. The minimum absolute atomic E-state index is 0.116. The SMILES string of the molecule is COc1ccc2nc(CNC(=O)C3CSC(C)(C)C(=O)N3)[nH]c2c1. The summed E-state index contributed by atoms with van der Waals surface area (Å²) in [5.41, 5.74) is 1.66. The van der Waals surface area contributed by atoms with E-state index >= 15 is 0 Å². The molecule has 0 radical (unpaired) electrons. The van der Waals surface area contributed by atoms with E-state index in [4.69, 9.17) is 4.74 Å².